The summed E-state index contributed by atoms with van der Waals surface area (Å²) in [5.74, 6) is 2.40. The molecule has 30 heavy (non-hydrogen) atoms. The highest BCUT2D eigenvalue weighted by Gasteiger charge is 2.31. The molecule has 3 heterocycles. The average Bonchev–Trinajstić information content (AvgIpc) is 2.76. The van der Waals surface area contributed by atoms with Gasteiger partial charge in [-0.3, -0.25) is 29.4 Å². The first kappa shape index (κ1) is 19.6. The Bertz CT molecular complexity index is 1180. The van der Waals surface area contributed by atoms with Crippen LogP contribution in [0.3, 0.4) is 0 Å². The van der Waals surface area contributed by atoms with Gasteiger partial charge in [0.1, 0.15) is 11.2 Å². The zero-order valence-corrected chi connectivity index (χ0v) is 16.4. The van der Waals surface area contributed by atoms with E-state index >= 15 is 0 Å². The number of hydrogen-bond donors (Lipinski definition) is 0. The largest absolute Gasteiger partial charge is 0.361 e. The Balaban J connectivity index is 1.70. The van der Waals surface area contributed by atoms with E-state index in [1.165, 1.54) is 10.1 Å². The quantitative estimate of drug-likeness (QED) is 0.369. The first-order valence-electron chi connectivity index (χ1n) is 9.70. The van der Waals surface area contributed by atoms with E-state index in [2.05, 4.69) is 27.9 Å². The van der Waals surface area contributed by atoms with Crippen LogP contribution in [0.5, 0.6) is 0 Å². The summed E-state index contributed by atoms with van der Waals surface area (Å²) < 4.78 is 1.25. The number of nitrogens with zero attached hydrogens (tertiary/aromatic N) is 5. The van der Waals surface area contributed by atoms with E-state index in [1.54, 1.807) is 18.3 Å². The third kappa shape index (κ3) is 3.63. The first-order valence-corrected chi connectivity index (χ1v) is 9.70. The fourth-order valence-electron chi connectivity index (χ4n) is 3.93. The van der Waals surface area contributed by atoms with Crippen molar-refractivity contribution in [1.82, 2.24) is 14.5 Å². The van der Waals surface area contributed by atoms with Gasteiger partial charge in [-0.1, -0.05) is 36.3 Å². The number of fused-ring (bicyclic) bond motifs is 1. The van der Waals surface area contributed by atoms with E-state index in [4.69, 9.17) is 6.42 Å². The van der Waals surface area contributed by atoms with Gasteiger partial charge in [0, 0.05) is 38.9 Å². The maximum absolute atomic E-state index is 12.9. The molecule has 8 nitrogen and oxygen atoms in total. The molecular weight excluding hydrogens is 382 g/mol. The van der Waals surface area contributed by atoms with Crippen LogP contribution in [0.15, 0.2) is 53.5 Å². The molecule has 8 heteroatoms. The van der Waals surface area contributed by atoms with Crippen molar-refractivity contribution in [2.45, 2.75) is 13.1 Å². The Morgan fingerprint density at radius 1 is 1.10 bits per heavy atom. The second-order valence-electron chi connectivity index (χ2n) is 7.17. The van der Waals surface area contributed by atoms with E-state index in [0.29, 0.717) is 24.1 Å². The molecule has 0 aliphatic carbocycles. The minimum absolute atomic E-state index is 0.0486. The molecule has 3 aromatic rings. The van der Waals surface area contributed by atoms with Gasteiger partial charge < -0.3 is 4.90 Å². The number of hydrogen-bond acceptors (Lipinski definition) is 6. The predicted octanol–water partition coefficient (Wildman–Crippen LogP) is 2.26. The number of rotatable bonds is 5. The molecule has 1 aliphatic heterocycles. The van der Waals surface area contributed by atoms with Gasteiger partial charge in [0.15, 0.2) is 0 Å². The van der Waals surface area contributed by atoms with Crippen LogP contribution in [0.25, 0.3) is 11.0 Å². The standard InChI is InChI=1S/C22H21N5O3/c1-2-11-26-18-9-6-10-23-19(18)20(21(22(26)28)27(29)30)25-14-12-24(13-15-25)16-17-7-4-3-5-8-17/h1,3-10H,11-16H2. The SMILES string of the molecule is C#CCn1c(=O)c([N+](=O)[O-])c(N2CCN(Cc3ccccc3)CC2)c2ncccc21. The van der Waals surface area contributed by atoms with Gasteiger partial charge in [0.05, 0.1) is 17.0 Å². The monoisotopic (exact) mass is 403 g/mol. The molecule has 1 fully saturated rings. The molecule has 0 spiro atoms. The second-order valence-corrected chi connectivity index (χ2v) is 7.17. The minimum atomic E-state index is -0.694. The number of aromatic nitrogens is 2. The second kappa shape index (κ2) is 8.35. The number of piperazine rings is 1. The van der Waals surface area contributed by atoms with Gasteiger partial charge in [-0.05, 0) is 17.7 Å². The van der Waals surface area contributed by atoms with Gasteiger partial charge >= 0.3 is 11.2 Å². The van der Waals surface area contributed by atoms with Crippen LogP contribution in [-0.2, 0) is 13.1 Å². The van der Waals surface area contributed by atoms with Crippen molar-refractivity contribution in [2.24, 2.45) is 0 Å². The van der Waals surface area contributed by atoms with Crippen molar-refractivity contribution < 1.29 is 4.92 Å². The summed E-state index contributed by atoms with van der Waals surface area (Å²) >= 11 is 0. The maximum atomic E-state index is 12.9. The molecule has 152 valence electrons. The van der Waals surface area contributed by atoms with Crippen LogP contribution in [0, 0.1) is 22.5 Å². The smallest absolute Gasteiger partial charge is 0.359 e. The summed E-state index contributed by atoms with van der Waals surface area (Å²) in [6.07, 6.45) is 6.97. The van der Waals surface area contributed by atoms with E-state index in [1.807, 2.05) is 23.1 Å². The summed E-state index contributed by atoms with van der Waals surface area (Å²) in [6, 6.07) is 13.6. The molecule has 1 aliphatic rings. The fourth-order valence-corrected chi connectivity index (χ4v) is 3.93. The third-order valence-electron chi connectivity index (χ3n) is 5.34. The molecule has 1 aromatic carbocycles. The molecule has 0 atom stereocenters. The van der Waals surface area contributed by atoms with Crippen molar-refractivity contribution in [3.05, 3.63) is 74.7 Å². The van der Waals surface area contributed by atoms with Crippen LogP contribution in [-0.4, -0.2) is 45.6 Å². The van der Waals surface area contributed by atoms with Gasteiger partial charge in [-0.15, -0.1) is 6.42 Å². The molecule has 2 aromatic heterocycles. The van der Waals surface area contributed by atoms with E-state index in [0.717, 1.165) is 19.6 Å². The minimum Gasteiger partial charge on any atom is -0.361 e. The van der Waals surface area contributed by atoms with E-state index in [9.17, 15) is 14.9 Å². The van der Waals surface area contributed by atoms with E-state index in [-0.39, 0.29) is 12.2 Å². The predicted molar refractivity (Wildman–Crippen MR) is 115 cm³/mol. The molecule has 0 amide bonds. The highest BCUT2D eigenvalue weighted by molar-refractivity contribution is 5.93. The zero-order valence-electron chi connectivity index (χ0n) is 16.4. The molecule has 1 saturated heterocycles. The fraction of sp³-hybridized carbons (Fsp3) is 0.273. The molecule has 0 radical (unpaired) electrons. The molecule has 0 N–H and O–H groups in total. The lowest BCUT2D eigenvalue weighted by Crippen LogP contribution is -2.46. The first-order chi connectivity index (χ1) is 14.6. The lowest BCUT2D eigenvalue weighted by molar-refractivity contribution is -0.385. The van der Waals surface area contributed by atoms with Crippen molar-refractivity contribution in [2.75, 3.05) is 31.1 Å². The third-order valence-corrected chi connectivity index (χ3v) is 5.34. The normalized spacial score (nSPS) is 14.6. The maximum Gasteiger partial charge on any atom is 0.359 e. The summed E-state index contributed by atoms with van der Waals surface area (Å²) in [4.78, 5) is 32.8. The van der Waals surface area contributed by atoms with Crippen LogP contribution < -0.4 is 10.5 Å². The number of pyridine rings is 2. The van der Waals surface area contributed by atoms with Crippen LogP contribution in [0.1, 0.15) is 5.56 Å². The molecule has 4 rings (SSSR count). The van der Waals surface area contributed by atoms with Gasteiger partial charge in [0.2, 0.25) is 0 Å². The summed E-state index contributed by atoms with van der Waals surface area (Å²) in [7, 11) is 0. The summed E-state index contributed by atoms with van der Waals surface area (Å²) in [5, 5.41) is 11.9. The van der Waals surface area contributed by atoms with E-state index < -0.39 is 16.2 Å². The Hall–Kier alpha value is -3.70. The summed E-state index contributed by atoms with van der Waals surface area (Å²) in [6.45, 7) is 3.37. The molecule has 0 unspecified atom stereocenters. The lowest BCUT2D eigenvalue weighted by Gasteiger charge is -2.36. The van der Waals surface area contributed by atoms with Crippen LogP contribution >= 0.6 is 0 Å². The Morgan fingerprint density at radius 2 is 1.83 bits per heavy atom. The van der Waals surface area contributed by atoms with Crippen molar-refractivity contribution in [3.63, 3.8) is 0 Å². The van der Waals surface area contributed by atoms with Gasteiger partial charge in [-0.25, -0.2) is 0 Å². The average molecular weight is 403 g/mol. The van der Waals surface area contributed by atoms with Crippen LogP contribution in [0.4, 0.5) is 11.4 Å². The number of benzene rings is 1. The molecule has 0 bridgehead atoms. The van der Waals surface area contributed by atoms with Gasteiger partial charge in [0.25, 0.3) is 0 Å². The lowest BCUT2D eigenvalue weighted by atomic mass is 10.1. The topological polar surface area (TPSA) is 84.5 Å². The van der Waals surface area contributed by atoms with Gasteiger partial charge in [-0.2, -0.15) is 0 Å². The number of anilines is 1. The number of nitro groups is 1. The molecule has 0 saturated carbocycles. The molecular formula is C22H21N5O3. The zero-order chi connectivity index (χ0) is 21.1. The Morgan fingerprint density at radius 3 is 2.50 bits per heavy atom. The Labute approximate surface area is 173 Å². The van der Waals surface area contributed by atoms with Crippen LogP contribution in [0.2, 0.25) is 0 Å². The highest BCUT2D eigenvalue weighted by Crippen LogP contribution is 2.33. The summed E-state index contributed by atoms with van der Waals surface area (Å²) in [5.41, 5.74) is 1.28. The highest BCUT2D eigenvalue weighted by atomic mass is 16.6. The van der Waals surface area contributed by atoms with Crippen molar-refractivity contribution >= 4 is 22.4 Å². The number of terminal acetylenes is 1. The van der Waals surface area contributed by atoms with Crippen molar-refractivity contribution in [3.8, 4) is 12.3 Å². The van der Waals surface area contributed by atoms with Crippen molar-refractivity contribution in [1.29, 1.82) is 0 Å². The Kier molecular flexibility index (Phi) is 5.46.